The summed E-state index contributed by atoms with van der Waals surface area (Å²) < 4.78 is 32.0. The Bertz CT molecular complexity index is 1080. The summed E-state index contributed by atoms with van der Waals surface area (Å²) in [7, 11) is -3.83. The van der Waals surface area contributed by atoms with E-state index in [1.807, 2.05) is 45.0 Å². The molecule has 34 heavy (non-hydrogen) atoms. The highest BCUT2D eigenvalue weighted by Crippen LogP contribution is 2.30. The van der Waals surface area contributed by atoms with Gasteiger partial charge < -0.3 is 15.0 Å². The zero-order valence-corrected chi connectivity index (χ0v) is 21.6. The van der Waals surface area contributed by atoms with Crippen LogP contribution in [-0.4, -0.2) is 56.6 Å². The third kappa shape index (κ3) is 7.48. The highest BCUT2D eigenvalue weighted by Gasteiger charge is 2.31. The average molecular weight is 490 g/mol. The summed E-state index contributed by atoms with van der Waals surface area (Å²) in [5, 5.41) is 2.83. The minimum absolute atomic E-state index is 0.100. The van der Waals surface area contributed by atoms with Crippen LogP contribution in [0.1, 0.15) is 38.8 Å². The molecule has 0 unspecified atom stereocenters. The lowest BCUT2D eigenvalue weighted by molar-refractivity contribution is -0.139. The Morgan fingerprint density at radius 1 is 1.03 bits per heavy atom. The van der Waals surface area contributed by atoms with E-state index in [2.05, 4.69) is 5.32 Å². The van der Waals surface area contributed by atoms with Crippen molar-refractivity contribution in [2.75, 3.05) is 23.7 Å². The number of aryl methyl sites for hydroxylation is 1. The van der Waals surface area contributed by atoms with Crippen LogP contribution in [0, 0.1) is 6.92 Å². The summed E-state index contributed by atoms with van der Waals surface area (Å²) in [6.45, 7) is 9.12. The second kappa shape index (κ2) is 11.9. The number of anilines is 1. The molecular weight excluding hydrogens is 454 g/mol. The van der Waals surface area contributed by atoms with E-state index in [0.717, 1.165) is 21.7 Å². The third-order valence-electron chi connectivity index (χ3n) is 5.18. The SMILES string of the molecule is CCOc1ccccc1N(CC(=O)N(Cc1ccc(C)cc1)[C@@H](C)C(=O)NC(C)C)S(C)(=O)=O. The number of carbonyl (C=O) groups excluding carboxylic acids is 2. The van der Waals surface area contributed by atoms with Crippen LogP contribution in [-0.2, 0) is 26.2 Å². The van der Waals surface area contributed by atoms with E-state index in [9.17, 15) is 18.0 Å². The topological polar surface area (TPSA) is 96.0 Å². The minimum Gasteiger partial charge on any atom is -0.492 e. The van der Waals surface area contributed by atoms with E-state index in [0.29, 0.717) is 12.4 Å². The van der Waals surface area contributed by atoms with E-state index in [-0.39, 0.29) is 24.2 Å². The van der Waals surface area contributed by atoms with Gasteiger partial charge in [0.2, 0.25) is 21.8 Å². The lowest BCUT2D eigenvalue weighted by atomic mass is 10.1. The first-order valence-corrected chi connectivity index (χ1v) is 13.1. The van der Waals surface area contributed by atoms with Crippen molar-refractivity contribution < 1.29 is 22.7 Å². The standard InChI is InChI=1S/C25H35N3O5S/c1-7-33-23-11-9-8-10-22(23)28(34(6,31)32)17-24(29)27(20(5)25(30)26-18(2)3)16-21-14-12-19(4)13-15-21/h8-15,18,20H,7,16-17H2,1-6H3,(H,26,30)/t20-/m0/s1. The van der Waals surface area contributed by atoms with Gasteiger partial charge in [0.1, 0.15) is 18.3 Å². The molecular formula is C25H35N3O5S. The minimum atomic E-state index is -3.83. The van der Waals surface area contributed by atoms with Gasteiger partial charge in [0.15, 0.2) is 0 Å². The van der Waals surface area contributed by atoms with Crippen molar-refractivity contribution in [2.24, 2.45) is 0 Å². The molecule has 2 rings (SSSR count). The van der Waals surface area contributed by atoms with E-state index in [4.69, 9.17) is 4.74 Å². The maximum absolute atomic E-state index is 13.5. The molecule has 8 nitrogen and oxygen atoms in total. The summed E-state index contributed by atoms with van der Waals surface area (Å²) in [6, 6.07) is 13.4. The predicted molar refractivity (Wildman–Crippen MR) is 134 cm³/mol. The number of para-hydroxylation sites is 2. The maximum atomic E-state index is 13.5. The second-order valence-corrected chi connectivity index (χ2v) is 10.4. The number of sulfonamides is 1. The summed E-state index contributed by atoms with van der Waals surface area (Å²) in [5.41, 5.74) is 2.18. The van der Waals surface area contributed by atoms with Gasteiger partial charge in [0.05, 0.1) is 18.6 Å². The van der Waals surface area contributed by atoms with Gasteiger partial charge in [0, 0.05) is 12.6 Å². The molecule has 0 aliphatic rings. The molecule has 186 valence electrons. The van der Waals surface area contributed by atoms with Crippen LogP contribution in [0.2, 0.25) is 0 Å². The van der Waals surface area contributed by atoms with Crippen LogP contribution >= 0.6 is 0 Å². The molecule has 0 saturated carbocycles. The highest BCUT2D eigenvalue weighted by atomic mass is 32.2. The van der Waals surface area contributed by atoms with Crippen LogP contribution in [0.5, 0.6) is 5.75 Å². The first-order chi connectivity index (χ1) is 15.9. The number of carbonyl (C=O) groups is 2. The van der Waals surface area contributed by atoms with E-state index in [1.54, 1.807) is 38.1 Å². The Balaban J connectivity index is 2.42. The number of benzene rings is 2. The number of nitrogens with one attached hydrogen (secondary N) is 1. The summed E-state index contributed by atoms with van der Waals surface area (Å²) >= 11 is 0. The molecule has 1 atom stereocenters. The number of ether oxygens (including phenoxy) is 1. The quantitative estimate of drug-likeness (QED) is 0.523. The van der Waals surface area contributed by atoms with Crippen molar-refractivity contribution in [3.05, 3.63) is 59.7 Å². The van der Waals surface area contributed by atoms with E-state index < -0.39 is 28.5 Å². The van der Waals surface area contributed by atoms with Crippen molar-refractivity contribution in [2.45, 2.75) is 53.2 Å². The normalized spacial score (nSPS) is 12.2. The zero-order chi connectivity index (χ0) is 25.5. The fraction of sp³-hybridized carbons (Fsp3) is 0.440. The van der Waals surface area contributed by atoms with Crippen LogP contribution in [0.25, 0.3) is 0 Å². The first-order valence-electron chi connectivity index (χ1n) is 11.3. The number of hydrogen-bond acceptors (Lipinski definition) is 5. The molecule has 2 aromatic carbocycles. The van der Waals surface area contributed by atoms with Crippen molar-refractivity contribution in [1.82, 2.24) is 10.2 Å². The molecule has 0 heterocycles. The maximum Gasteiger partial charge on any atom is 0.244 e. The van der Waals surface area contributed by atoms with Gasteiger partial charge in [-0.15, -0.1) is 0 Å². The Morgan fingerprint density at radius 2 is 1.65 bits per heavy atom. The van der Waals surface area contributed by atoms with Gasteiger partial charge >= 0.3 is 0 Å². The first kappa shape index (κ1) is 27.2. The molecule has 2 amide bonds. The Morgan fingerprint density at radius 3 is 2.21 bits per heavy atom. The fourth-order valence-corrected chi connectivity index (χ4v) is 4.27. The smallest absolute Gasteiger partial charge is 0.244 e. The van der Waals surface area contributed by atoms with Gasteiger partial charge in [-0.3, -0.25) is 13.9 Å². The highest BCUT2D eigenvalue weighted by molar-refractivity contribution is 7.92. The molecule has 0 aliphatic carbocycles. The van der Waals surface area contributed by atoms with Gasteiger partial charge in [-0.25, -0.2) is 8.42 Å². The molecule has 1 N–H and O–H groups in total. The number of amides is 2. The Hall–Kier alpha value is -3.07. The zero-order valence-electron chi connectivity index (χ0n) is 20.7. The van der Waals surface area contributed by atoms with Gasteiger partial charge in [-0.1, -0.05) is 42.0 Å². The van der Waals surface area contributed by atoms with Crippen molar-refractivity contribution in [1.29, 1.82) is 0 Å². The molecule has 0 aromatic heterocycles. The molecule has 0 aliphatic heterocycles. The molecule has 0 spiro atoms. The van der Waals surface area contributed by atoms with Gasteiger partial charge in [0.25, 0.3) is 0 Å². The monoisotopic (exact) mass is 489 g/mol. The second-order valence-electron chi connectivity index (χ2n) is 8.52. The summed E-state index contributed by atoms with van der Waals surface area (Å²) in [6.07, 6.45) is 1.04. The third-order valence-corrected chi connectivity index (χ3v) is 6.31. The number of hydrogen-bond donors (Lipinski definition) is 1. The average Bonchev–Trinajstić information content (AvgIpc) is 2.76. The summed E-state index contributed by atoms with van der Waals surface area (Å²) in [4.78, 5) is 27.7. The predicted octanol–water partition coefficient (Wildman–Crippen LogP) is 3.10. The van der Waals surface area contributed by atoms with Crippen molar-refractivity contribution in [3.63, 3.8) is 0 Å². The van der Waals surface area contributed by atoms with Crippen LogP contribution in [0.4, 0.5) is 5.69 Å². The van der Waals surface area contributed by atoms with E-state index in [1.165, 1.54) is 4.90 Å². The largest absolute Gasteiger partial charge is 0.492 e. The van der Waals surface area contributed by atoms with Crippen LogP contribution in [0.3, 0.4) is 0 Å². The summed E-state index contributed by atoms with van der Waals surface area (Å²) in [5.74, 6) is -0.446. The van der Waals surface area contributed by atoms with E-state index >= 15 is 0 Å². The molecule has 0 saturated heterocycles. The van der Waals surface area contributed by atoms with Crippen LogP contribution in [0.15, 0.2) is 48.5 Å². The van der Waals surface area contributed by atoms with Crippen LogP contribution < -0.4 is 14.4 Å². The number of nitrogens with zero attached hydrogens (tertiary/aromatic N) is 2. The molecule has 2 aromatic rings. The fourth-order valence-electron chi connectivity index (χ4n) is 3.41. The Labute approximate surface area is 202 Å². The van der Waals surface area contributed by atoms with Crippen molar-refractivity contribution in [3.8, 4) is 5.75 Å². The van der Waals surface area contributed by atoms with Gasteiger partial charge in [-0.2, -0.15) is 0 Å². The van der Waals surface area contributed by atoms with Crippen molar-refractivity contribution >= 4 is 27.5 Å². The molecule has 0 fully saturated rings. The Kier molecular flexibility index (Phi) is 9.49. The lowest BCUT2D eigenvalue weighted by Gasteiger charge is -2.32. The molecule has 9 heteroatoms. The number of rotatable bonds is 11. The lowest BCUT2D eigenvalue weighted by Crippen LogP contribution is -2.52. The molecule has 0 radical (unpaired) electrons. The van der Waals surface area contributed by atoms with Gasteiger partial charge in [-0.05, 0) is 52.3 Å². The molecule has 0 bridgehead atoms.